The Morgan fingerprint density at radius 1 is 1.03 bits per heavy atom. The molecule has 0 spiro atoms. The van der Waals surface area contributed by atoms with E-state index in [0.29, 0.717) is 37.8 Å². The van der Waals surface area contributed by atoms with E-state index in [9.17, 15) is 19.2 Å². The highest BCUT2D eigenvalue weighted by atomic mass is 16.2. The van der Waals surface area contributed by atoms with Crippen LogP contribution in [0.25, 0.3) is 0 Å². The monoisotopic (exact) mass is 494 g/mol. The zero-order valence-electron chi connectivity index (χ0n) is 23.4. The lowest BCUT2D eigenvalue weighted by molar-refractivity contribution is -0.141. The summed E-state index contributed by atoms with van der Waals surface area (Å²) in [6, 6.07) is -1.09. The lowest BCUT2D eigenvalue weighted by Crippen LogP contribution is -2.55. The molecule has 0 saturated carbocycles. The van der Waals surface area contributed by atoms with Crippen molar-refractivity contribution < 1.29 is 19.2 Å². The van der Waals surface area contributed by atoms with E-state index in [0.717, 1.165) is 25.8 Å². The minimum absolute atomic E-state index is 0.0195. The Morgan fingerprint density at radius 2 is 1.69 bits per heavy atom. The van der Waals surface area contributed by atoms with Crippen molar-refractivity contribution in [1.29, 1.82) is 0 Å². The summed E-state index contributed by atoms with van der Waals surface area (Å²) in [4.78, 5) is 55.2. The van der Waals surface area contributed by atoms with Crippen molar-refractivity contribution in [3.8, 4) is 0 Å². The molecule has 202 valence electrons. The van der Waals surface area contributed by atoms with Crippen LogP contribution in [0, 0.1) is 11.8 Å². The second kappa shape index (κ2) is 15.3. The Bertz CT molecular complexity index is 709. The topological polar surface area (TPSA) is 98.8 Å². The van der Waals surface area contributed by atoms with Crippen LogP contribution < -0.4 is 10.6 Å². The molecule has 0 aromatic rings. The van der Waals surface area contributed by atoms with E-state index in [-0.39, 0.29) is 41.8 Å². The number of nitrogens with zero attached hydrogens (tertiary/aromatic N) is 2. The molecule has 0 aliphatic carbocycles. The molecule has 2 amide bonds. The van der Waals surface area contributed by atoms with Gasteiger partial charge in [-0.05, 0) is 85.9 Å². The molecule has 1 saturated heterocycles. The number of amides is 2. The summed E-state index contributed by atoms with van der Waals surface area (Å²) in [6.45, 7) is 13.1. The van der Waals surface area contributed by atoms with Gasteiger partial charge in [-0.25, -0.2) is 0 Å². The molecule has 1 fully saturated rings. The number of carbonyl (C=O) groups excluding carboxylic acids is 4. The molecule has 0 radical (unpaired) electrons. The minimum Gasteiger partial charge on any atom is -0.343 e. The van der Waals surface area contributed by atoms with Gasteiger partial charge in [0, 0.05) is 24.9 Å². The molecule has 0 bridgehead atoms. The molecule has 4 atom stereocenters. The molecule has 1 rings (SSSR count). The van der Waals surface area contributed by atoms with Crippen LogP contribution in [0.1, 0.15) is 86.5 Å². The number of ketones is 2. The van der Waals surface area contributed by atoms with E-state index in [1.54, 1.807) is 18.9 Å². The van der Waals surface area contributed by atoms with Crippen LogP contribution >= 0.6 is 0 Å². The van der Waals surface area contributed by atoms with Crippen LogP contribution in [0.15, 0.2) is 0 Å². The maximum Gasteiger partial charge on any atom is 0.245 e. The Morgan fingerprint density at radius 3 is 2.23 bits per heavy atom. The number of likely N-dealkylation sites (N-methyl/N-ethyl adjacent to an activating group) is 1. The maximum atomic E-state index is 13.6. The first-order valence-electron chi connectivity index (χ1n) is 13.4. The third-order valence-electron chi connectivity index (χ3n) is 7.23. The van der Waals surface area contributed by atoms with E-state index in [2.05, 4.69) is 50.3 Å². The van der Waals surface area contributed by atoms with Crippen LogP contribution in [0.5, 0.6) is 0 Å². The number of hydrogen-bond donors (Lipinski definition) is 2. The molecule has 1 heterocycles. The molecule has 2 N–H and O–H groups in total. The second-order valence-corrected chi connectivity index (χ2v) is 11.0. The Labute approximate surface area is 212 Å². The van der Waals surface area contributed by atoms with Crippen LogP contribution in [-0.2, 0) is 19.2 Å². The van der Waals surface area contributed by atoms with Crippen molar-refractivity contribution in [1.82, 2.24) is 20.4 Å². The average molecular weight is 495 g/mol. The lowest BCUT2D eigenvalue weighted by Gasteiger charge is -2.30. The van der Waals surface area contributed by atoms with Gasteiger partial charge in [-0.2, -0.15) is 0 Å². The van der Waals surface area contributed by atoms with Crippen molar-refractivity contribution in [2.45, 2.75) is 111 Å². The van der Waals surface area contributed by atoms with Gasteiger partial charge in [-0.15, -0.1) is 0 Å². The van der Waals surface area contributed by atoms with E-state index < -0.39 is 12.1 Å². The van der Waals surface area contributed by atoms with E-state index in [1.807, 2.05) is 0 Å². The predicted octanol–water partition coefficient (Wildman–Crippen LogP) is 2.79. The molecule has 1 aliphatic rings. The standard InChI is InChI=1S/C27H50N4O4/c1-18(2)16-23(28-7)26(34)29-22(12-9-10-14-30(8)19(3)4)27(35)31-15-11-13-24(31)25(33)17-20(5)21(6)32/h18-20,22-24,28H,9-17H2,1-8H3,(H,29,34)/t20-,22-,23-,24-/m0/s1. The van der Waals surface area contributed by atoms with Crippen LogP contribution in [0.4, 0.5) is 0 Å². The van der Waals surface area contributed by atoms with Crippen LogP contribution in [-0.4, -0.2) is 84.5 Å². The molecule has 8 nitrogen and oxygen atoms in total. The molecular formula is C27H50N4O4. The van der Waals surface area contributed by atoms with Gasteiger partial charge in [0.05, 0.1) is 12.1 Å². The van der Waals surface area contributed by atoms with Gasteiger partial charge in [0.1, 0.15) is 11.8 Å². The number of unbranched alkanes of at least 4 members (excludes halogenated alkanes) is 1. The van der Waals surface area contributed by atoms with Crippen molar-refractivity contribution in [3.63, 3.8) is 0 Å². The molecule has 1 aliphatic heterocycles. The normalized spacial score (nSPS) is 18.7. The van der Waals surface area contributed by atoms with Crippen molar-refractivity contribution in [3.05, 3.63) is 0 Å². The number of hydrogen-bond acceptors (Lipinski definition) is 6. The Hall–Kier alpha value is -1.80. The zero-order chi connectivity index (χ0) is 26.7. The fourth-order valence-corrected chi connectivity index (χ4v) is 4.47. The molecule has 35 heavy (non-hydrogen) atoms. The number of nitrogens with one attached hydrogen (secondary N) is 2. The summed E-state index contributed by atoms with van der Waals surface area (Å²) in [5.41, 5.74) is 0. The summed E-state index contributed by atoms with van der Waals surface area (Å²) < 4.78 is 0. The average Bonchev–Trinajstić information content (AvgIpc) is 3.28. The van der Waals surface area contributed by atoms with E-state index in [4.69, 9.17) is 0 Å². The molecule has 0 aromatic heterocycles. The van der Waals surface area contributed by atoms with Gasteiger partial charge < -0.3 is 20.4 Å². The van der Waals surface area contributed by atoms with Crippen molar-refractivity contribution in [2.75, 3.05) is 27.2 Å². The lowest BCUT2D eigenvalue weighted by atomic mass is 9.95. The van der Waals surface area contributed by atoms with Crippen LogP contribution in [0.2, 0.25) is 0 Å². The summed E-state index contributed by atoms with van der Waals surface area (Å²) >= 11 is 0. The van der Waals surface area contributed by atoms with E-state index in [1.165, 1.54) is 6.92 Å². The highest BCUT2D eigenvalue weighted by Gasteiger charge is 2.38. The van der Waals surface area contributed by atoms with Gasteiger partial charge >= 0.3 is 0 Å². The number of carbonyl (C=O) groups is 4. The first-order valence-corrected chi connectivity index (χ1v) is 13.4. The van der Waals surface area contributed by atoms with Crippen LogP contribution in [0.3, 0.4) is 0 Å². The first-order chi connectivity index (χ1) is 16.4. The largest absolute Gasteiger partial charge is 0.343 e. The summed E-state index contributed by atoms with van der Waals surface area (Å²) in [6.07, 6.45) is 4.46. The van der Waals surface area contributed by atoms with Crippen molar-refractivity contribution >= 4 is 23.4 Å². The highest BCUT2D eigenvalue weighted by molar-refractivity contribution is 5.95. The van der Waals surface area contributed by atoms with Gasteiger partial charge in [-0.1, -0.05) is 20.8 Å². The predicted molar refractivity (Wildman–Crippen MR) is 140 cm³/mol. The smallest absolute Gasteiger partial charge is 0.245 e. The molecular weight excluding hydrogens is 444 g/mol. The van der Waals surface area contributed by atoms with Gasteiger partial charge in [0.2, 0.25) is 11.8 Å². The van der Waals surface area contributed by atoms with Crippen molar-refractivity contribution in [2.24, 2.45) is 11.8 Å². The summed E-state index contributed by atoms with van der Waals surface area (Å²) in [5.74, 6) is -0.444. The highest BCUT2D eigenvalue weighted by Crippen LogP contribution is 2.23. The summed E-state index contributed by atoms with van der Waals surface area (Å²) in [7, 11) is 3.84. The van der Waals surface area contributed by atoms with E-state index >= 15 is 0 Å². The third kappa shape index (κ3) is 10.4. The number of rotatable bonds is 16. The fraction of sp³-hybridized carbons (Fsp3) is 0.852. The minimum atomic E-state index is -0.659. The quantitative estimate of drug-likeness (QED) is 0.320. The number of Topliss-reactive ketones (excluding diaryl/α,β-unsaturated/α-hetero) is 2. The Balaban J connectivity index is 2.95. The summed E-state index contributed by atoms with van der Waals surface area (Å²) in [5, 5.41) is 6.08. The molecule has 0 aromatic carbocycles. The van der Waals surface area contributed by atoms with Gasteiger partial charge in [0.15, 0.2) is 5.78 Å². The van der Waals surface area contributed by atoms with Gasteiger partial charge in [0.25, 0.3) is 0 Å². The third-order valence-corrected chi connectivity index (χ3v) is 7.23. The second-order valence-electron chi connectivity index (χ2n) is 11.0. The zero-order valence-corrected chi connectivity index (χ0v) is 23.4. The first kappa shape index (κ1) is 31.2. The number of likely N-dealkylation sites (tertiary alicyclic amines) is 1. The fourth-order valence-electron chi connectivity index (χ4n) is 4.47. The molecule has 8 heteroatoms. The molecule has 0 unspecified atom stereocenters. The maximum absolute atomic E-state index is 13.6. The SMILES string of the molecule is CN[C@@H](CC(C)C)C(=O)N[C@@H](CCCCN(C)C(C)C)C(=O)N1CCC[C@H]1C(=O)C[C@H](C)C(C)=O. The van der Waals surface area contributed by atoms with Gasteiger partial charge in [-0.3, -0.25) is 19.2 Å². The Kier molecular flexibility index (Phi) is 13.7.